The van der Waals surface area contributed by atoms with Crippen LogP contribution in [-0.2, 0) is 0 Å². The Hall–Kier alpha value is -0.590. The van der Waals surface area contributed by atoms with Gasteiger partial charge in [-0.1, -0.05) is 12.1 Å². The lowest BCUT2D eigenvalue weighted by Gasteiger charge is -2.16. The molecule has 2 nitrogen and oxygen atoms in total. The second kappa shape index (κ2) is 5.84. The fraction of sp³-hybridized carbons (Fsp3) is 0.231. The lowest BCUT2D eigenvalue weighted by atomic mass is 10.0. The summed E-state index contributed by atoms with van der Waals surface area (Å²) in [6.07, 6.45) is 0. The molecule has 0 radical (unpaired) electrons. The molecule has 0 amide bonds. The summed E-state index contributed by atoms with van der Waals surface area (Å²) in [6, 6.07) is 10.6. The fourth-order valence-electron chi connectivity index (χ4n) is 1.82. The third kappa shape index (κ3) is 3.00. The van der Waals surface area contributed by atoms with Crippen LogP contribution in [0.2, 0.25) is 0 Å². The van der Waals surface area contributed by atoms with Gasteiger partial charge in [0.05, 0.1) is 16.0 Å². The summed E-state index contributed by atoms with van der Waals surface area (Å²) in [7, 11) is 3.68. The van der Waals surface area contributed by atoms with Gasteiger partial charge in [0.25, 0.3) is 0 Å². The van der Waals surface area contributed by atoms with E-state index in [9.17, 15) is 0 Å². The summed E-state index contributed by atoms with van der Waals surface area (Å²) in [4.78, 5) is 0. The van der Waals surface area contributed by atoms with E-state index in [1.165, 1.54) is 14.0 Å². The number of methoxy groups -OCH3 is 1. The van der Waals surface area contributed by atoms with Gasteiger partial charge in [0.2, 0.25) is 0 Å². The molecule has 0 saturated carbocycles. The van der Waals surface area contributed by atoms with Crippen molar-refractivity contribution in [3.8, 4) is 5.75 Å². The zero-order valence-corrected chi connectivity index (χ0v) is 12.7. The molecular weight excluding hydrogens is 345 g/mol. The standard InChI is InChI=1S/C13H14INOS/c1-15-13(10-7-12(14)17-8-10)9-4-3-5-11(6-9)16-2/h3-8,13,15H,1-2H3. The first kappa shape index (κ1) is 12.9. The number of benzene rings is 1. The van der Waals surface area contributed by atoms with E-state index in [0.29, 0.717) is 0 Å². The van der Waals surface area contributed by atoms with Crippen LogP contribution in [0.25, 0.3) is 0 Å². The van der Waals surface area contributed by atoms with E-state index in [-0.39, 0.29) is 6.04 Å². The van der Waals surface area contributed by atoms with Crippen LogP contribution >= 0.6 is 33.9 Å². The molecule has 90 valence electrons. The van der Waals surface area contributed by atoms with Gasteiger partial charge in [0.15, 0.2) is 0 Å². The van der Waals surface area contributed by atoms with E-state index >= 15 is 0 Å². The molecule has 17 heavy (non-hydrogen) atoms. The maximum absolute atomic E-state index is 5.26. The van der Waals surface area contributed by atoms with Gasteiger partial charge >= 0.3 is 0 Å². The largest absolute Gasteiger partial charge is 0.497 e. The van der Waals surface area contributed by atoms with Crippen molar-refractivity contribution < 1.29 is 4.74 Å². The molecule has 0 aliphatic carbocycles. The Morgan fingerprint density at radius 1 is 1.29 bits per heavy atom. The average molecular weight is 359 g/mol. The number of hydrogen-bond donors (Lipinski definition) is 1. The number of halogens is 1. The molecule has 2 rings (SSSR count). The van der Waals surface area contributed by atoms with Crippen LogP contribution in [0.5, 0.6) is 5.75 Å². The molecule has 1 unspecified atom stereocenters. The zero-order valence-electron chi connectivity index (χ0n) is 9.74. The SMILES string of the molecule is CNC(c1cccc(OC)c1)c1csc(I)c1. The molecule has 0 aliphatic heterocycles. The Kier molecular flexibility index (Phi) is 4.42. The van der Waals surface area contributed by atoms with E-state index in [2.05, 4.69) is 51.5 Å². The second-order valence-corrected chi connectivity index (χ2v) is 6.49. The molecule has 0 spiro atoms. The first-order chi connectivity index (χ1) is 8.24. The molecule has 0 fully saturated rings. The first-order valence-corrected chi connectivity index (χ1v) is 7.25. The highest BCUT2D eigenvalue weighted by Crippen LogP contribution is 2.28. The molecule has 0 aliphatic rings. The number of hydrogen-bond acceptors (Lipinski definition) is 3. The number of nitrogens with one attached hydrogen (secondary N) is 1. The Balaban J connectivity index is 2.34. The predicted octanol–water partition coefficient (Wildman–Crippen LogP) is 3.67. The van der Waals surface area contributed by atoms with Crippen molar-refractivity contribution in [1.29, 1.82) is 0 Å². The topological polar surface area (TPSA) is 21.3 Å². The number of ether oxygens (including phenoxy) is 1. The monoisotopic (exact) mass is 359 g/mol. The minimum atomic E-state index is 0.227. The van der Waals surface area contributed by atoms with Crippen LogP contribution in [0.15, 0.2) is 35.7 Å². The molecule has 4 heteroatoms. The van der Waals surface area contributed by atoms with Crippen molar-refractivity contribution in [2.45, 2.75) is 6.04 Å². The molecule has 1 aromatic heterocycles. The van der Waals surface area contributed by atoms with Gasteiger partial charge < -0.3 is 10.1 Å². The molecule has 0 saturated heterocycles. The quantitative estimate of drug-likeness (QED) is 0.842. The van der Waals surface area contributed by atoms with Crippen molar-refractivity contribution in [2.75, 3.05) is 14.2 Å². The zero-order chi connectivity index (χ0) is 12.3. The Morgan fingerprint density at radius 3 is 2.71 bits per heavy atom. The molecule has 2 aromatic rings. The minimum absolute atomic E-state index is 0.227. The fourth-order valence-corrected chi connectivity index (χ4v) is 3.22. The van der Waals surface area contributed by atoms with Gasteiger partial charge in [-0.15, -0.1) is 11.3 Å². The lowest BCUT2D eigenvalue weighted by molar-refractivity contribution is 0.414. The lowest BCUT2D eigenvalue weighted by Crippen LogP contribution is -2.16. The molecule has 0 bridgehead atoms. The number of rotatable bonds is 4. The maximum Gasteiger partial charge on any atom is 0.119 e. The Labute approximate surface area is 119 Å². The van der Waals surface area contributed by atoms with Gasteiger partial charge in [-0.2, -0.15) is 0 Å². The van der Waals surface area contributed by atoms with Gasteiger partial charge in [0, 0.05) is 0 Å². The Bertz CT molecular complexity index is 498. The van der Waals surface area contributed by atoms with Crippen LogP contribution in [0.4, 0.5) is 0 Å². The number of thiophene rings is 1. The highest BCUT2D eigenvalue weighted by Gasteiger charge is 2.13. The van der Waals surface area contributed by atoms with Crippen molar-refractivity contribution in [3.05, 3.63) is 49.7 Å². The van der Waals surface area contributed by atoms with Crippen LogP contribution in [0.3, 0.4) is 0 Å². The van der Waals surface area contributed by atoms with Crippen molar-refractivity contribution >= 4 is 33.9 Å². The highest BCUT2D eigenvalue weighted by atomic mass is 127. The van der Waals surface area contributed by atoms with Gasteiger partial charge in [-0.3, -0.25) is 0 Å². The highest BCUT2D eigenvalue weighted by molar-refractivity contribution is 14.1. The minimum Gasteiger partial charge on any atom is -0.497 e. The molecule has 1 aromatic carbocycles. The second-order valence-electron chi connectivity index (χ2n) is 3.68. The van der Waals surface area contributed by atoms with Gasteiger partial charge in [-0.05, 0) is 64.3 Å². The third-order valence-electron chi connectivity index (χ3n) is 2.64. The van der Waals surface area contributed by atoms with E-state index < -0.39 is 0 Å². The molecule has 1 atom stereocenters. The summed E-state index contributed by atoms with van der Waals surface area (Å²) in [5, 5.41) is 5.54. The van der Waals surface area contributed by atoms with Crippen LogP contribution in [-0.4, -0.2) is 14.2 Å². The molecule has 1 heterocycles. The summed E-state index contributed by atoms with van der Waals surface area (Å²) in [5.41, 5.74) is 2.52. The van der Waals surface area contributed by atoms with E-state index in [0.717, 1.165) is 5.75 Å². The van der Waals surface area contributed by atoms with E-state index in [1.807, 2.05) is 19.2 Å². The normalized spacial score (nSPS) is 12.4. The van der Waals surface area contributed by atoms with Crippen molar-refractivity contribution in [1.82, 2.24) is 5.32 Å². The van der Waals surface area contributed by atoms with Crippen molar-refractivity contribution in [2.24, 2.45) is 0 Å². The predicted molar refractivity (Wildman–Crippen MR) is 80.9 cm³/mol. The summed E-state index contributed by atoms with van der Waals surface area (Å²) >= 11 is 4.12. The molecular formula is C13H14INOS. The van der Waals surface area contributed by atoms with Gasteiger partial charge in [-0.25, -0.2) is 0 Å². The summed E-state index contributed by atoms with van der Waals surface area (Å²) in [5.74, 6) is 0.896. The average Bonchev–Trinajstić information content (AvgIpc) is 2.77. The van der Waals surface area contributed by atoms with E-state index in [1.54, 1.807) is 18.4 Å². The summed E-state index contributed by atoms with van der Waals surface area (Å²) < 4.78 is 6.57. The van der Waals surface area contributed by atoms with Crippen LogP contribution < -0.4 is 10.1 Å². The van der Waals surface area contributed by atoms with Crippen LogP contribution in [0.1, 0.15) is 17.2 Å². The van der Waals surface area contributed by atoms with Crippen LogP contribution in [0, 0.1) is 2.88 Å². The van der Waals surface area contributed by atoms with Crippen molar-refractivity contribution in [3.63, 3.8) is 0 Å². The van der Waals surface area contributed by atoms with Gasteiger partial charge in [0.1, 0.15) is 5.75 Å². The molecule has 1 N–H and O–H groups in total. The smallest absolute Gasteiger partial charge is 0.119 e. The summed E-state index contributed by atoms with van der Waals surface area (Å²) in [6.45, 7) is 0. The third-order valence-corrected chi connectivity index (χ3v) is 4.44. The van der Waals surface area contributed by atoms with E-state index in [4.69, 9.17) is 4.74 Å². The first-order valence-electron chi connectivity index (χ1n) is 5.29. The maximum atomic E-state index is 5.26. The Morgan fingerprint density at radius 2 is 2.12 bits per heavy atom.